The fourth-order valence-corrected chi connectivity index (χ4v) is 1.46. The highest BCUT2D eigenvalue weighted by molar-refractivity contribution is 5.85. The lowest BCUT2D eigenvalue weighted by atomic mass is 10.2. The normalized spacial score (nSPS) is 10.9. The van der Waals surface area contributed by atoms with Gasteiger partial charge in [0.05, 0.1) is 6.61 Å². The van der Waals surface area contributed by atoms with Gasteiger partial charge in [-0.25, -0.2) is 4.79 Å². The number of rotatable bonds is 6. The second-order valence-electron chi connectivity index (χ2n) is 3.81. The van der Waals surface area contributed by atoms with Gasteiger partial charge in [-0.2, -0.15) is 0 Å². The SMILES string of the molecule is O=C(O)c1cc(COC/C=C/c2ccccc2)on1. The predicted octanol–water partition coefficient (Wildman–Crippen LogP) is 2.60. The number of aromatic nitrogens is 1. The zero-order valence-electron chi connectivity index (χ0n) is 10.2. The molecule has 1 aromatic carbocycles. The molecule has 0 spiro atoms. The summed E-state index contributed by atoms with van der Waals surface area (Å²) in [5.41, 5.74) is 0.984. The molecule has 0 atom stereocenters. The van der Waals surface area contributed by atoms with Gasteiger partial charge in [0.25, 0.3) is 0 Å². The van der Waals surface area contributed by atoms with Gasteiger partial charge >= 0.3 is 5.97 Å². The monoisotopic (exact) mass is 259 g/mol. The van der Waals surface area contributed by atoms with Gasteiger partial charge in [0.15, 0.2) is 11.5 Å². The van der Waals surface area contributed by atoms with E-state index in [1.807, 2.05) is 42.5 Å². The number of carboxylic acid groups (broad SMARTS) is 1. The number of hydrogen-bond donors (Lipinski definition) is 1. The molecule has 0 saturated heterocycles. The molecule has 19 heavy (non-hydrogen) atoms. The van der Waals surface area contributed by atoms with Crippen LogP contribution in [-0.2, 0) is 11.3 Å². The van der Waals surface area contributed by atoms with Gasteiger partial charge in [-0.05, 0) is 5.56 Å². The van der Waals surface area contributed by atoms with Crippen molar-refractivity contribution in [2.24, 2.45) is 0 Å². The van der Waals surface area contributed by atoms with Crippen LogP contribution in [0.2, 0.25) is 0 Å². The van der Waals surface area contributed by atoms with Crippen LogP contribution in [0, 0.1) is 0 Å². The third kappa shape index (κ3) is 4.08. The summed E-state index contributed by atoms with van der Waals surface area (Å²) in [6.07, 6.45) is 3.83. The number of carboxylic acids is 1. The molecule has 0 radical (unpaired) electrons. The van der Waals surface area contributed by atoms with Crippen molar-refractivity contribution in [3.63, 3.8) is 0 Å². The Kier molecular flexibility index (Phi) is 4.47. The fourth-order valence-electron chi connectivity index (χ4n) is 1.46. The summed E-state index contributed by atoms with van der Waals surface area (Å²) < 4.78 is 10.1. The summed E-state index contributed by atoms with van der Waals surface area (Å²) in [6.45, 7) is 0.609. The van der Waals surface area contributed by atoms with E-state index in [0.29, 0.717) is 12.4 Å². The lowest BCUT2D eigenvalue weighted by Gasteiger charge is -1.96. The van der Waals surface area contributed by atoms with Crippen molar-refractivity contribution in [1.29, 1.82) is 0 Å². The van der Waals surface area contributed by atoms with Crippen molar-refractivity contribution in [3.8, 4) is 0 Å². The molecule has 0 saturated carbocycles. The maximum Gasteiger partial charge on any atom is 0.358 e. The Hall–Kier alpha value is -2.40. The topological polar surface area (TPSA) is 72.6 Å². The molecule has 1 heterocycles. The number of ether oxygens (including phenoxy) is 1. The van der Waals surface area contributed by atoms with Gasteiger partial charge in [-0.1, -0.05) is 47.6 Å². The molecule has 2 rings (SSSR count). The molecule has 0 amide bonds. The van der Waals surface area contributed by atoms with E-state index in [1.54, 1.807) is 0 Å². The lowest BCUT2D eigenvalue weighted by Crippen LogP contribution is -1.95. The number of aromatic carboxylic acids is 1. The summed E-state index contributed by atoms with van der Waals surface area (Å²) >= 11 is 0. The average Bonchev–Trinajstić information content (AvgIpc) is 2.89. The molecule has 5 nitrogen and oxygen atoms in total. The van der Waals surface area contributed by atoms with Crippen LogP contribution in [-0.4, -0.2) is 22.8 Å². The standard InChI is InChI=1S/C14H13NO4/c16-14(17)13-9-12(19-15-13)10-18-8-4-7-11-5-2-1-3-6-11/h1-7,9H,8,10H2,(H,16,17)/b7-4+. The summed E-state index contributed by atoms with van der Waals surface area (Å²) in [5.74, 6) is -0.718. The second kappa shape index (κ2) is 6.51. The molecule has 0 aliphatic carbocycles. The van der Waals surface area contributed by atoms with Crippen LogP contribution in [0.25, 0.3) is 6.08 Å². The highest BCUT2D eigenvalue weighted by Crippen LogP contribution is 2.05. The molecule has 5 heteroatoms. The Morgan fingerprint density at radius 2 is 2.16 bits per heavy atom. The van der Waals surface area contributed by atoms with E-state index in [2.05, 4.69) is 5.16 Å². The zero-order valence-corrected chi connectivity index (χ0v) is 10.2. The summed E-state index contributed by atoms with van der Waals surface area (Å²) in [4.78, 5) is 10.6. The maximum absolute atomic E-state index is 10.6. The minimum atomic E-state index is -1.11. The molecule has 1 N–H and O–H groups in total. The number of carbonyl (C=O) groups is 1. The summed E-state index contributed by atoms with van der Waals surface area (Å²) in [6, 6.07) is 11.2. The van der Waals surface area contributed by atoms with Crippen molar-refractivity contribution in [2.45, 2.75) is 6.61 Å². The second-order valence-corrected chi connectivity index (χ2v) is 3.81. The van der Waals surface area contributed by atoms with Crippen LogP contribution in [0.3, 0.4) is 0 Å². The molecule has 2 aromatic rings. The van der Waals surface area contributed by atoms with Crippen molar-refractivity contribution >= 4 is 12.0 Å². The molecular formula is C14H13NO4. The van der Waals surface area contributed by atoms with Crippen LogP contribution in [0.1, 0.15) is 21.8 Å². The van der Waals surface area contributed by atoms with E-state index in [0.717, 1.165) is 5.56 Å². The van der Waals surface area contributed by atoms with Crippen LogP contribution < -0.4 is 0 Å². The van der Waals surface area contributed by atoms with E-state index < -0.39 is 5.97 Å². The van der Waals surface area contributed by atoms with Gasteiger partial charge in [0.1, 0.15) is 6.61 Å². The van der Waals surface area contributed by atoms with E-state index in [1.165, 1.54) is 6.07 Å². The van der Waals surface area contributed by atoms with Crippen molar-refractivity contribution in [2.75, 3.05) is 6.61 Å². The van der Waals surface area contributed by atoms with Gasteiger partial charge < -0.3 is 14.4 Å². The number of benzene rings is 1. The third-order valence-corrected chi connectivity index (χ3v) is 2.35. The Morgan fingerprint density at radius 1 is 1.37 bits per heavy atom. The predicted molar refractivity (Wildman–Crippen MR) is 68.6 cm³/mol. The number of hydrogen-bond acceptors (Lipinski definition) is 4. The van der Waals surface area contributed by atoms with E-state index in [4.69, 9.17) is 14.4 Å². The average molecular weight is 259 g/mol. The maximum atomic E-state index is 10.6. The molecule has 0 fully saturated rings. The molecule has 0 bridgehead atoms. The molecule has 0 aliphatic rings. The van der Waals surface area contributed by atoms with Crippen LogP contribution >= 0.6 is 0 Å². The molecular weight excluding hydrogens is 246 g/mol. The van der Waals surface area contributed by atoms with E-state index >= 15 is 0 Å². The minimum Gasteiger partial charge on any atom is -0.476 e. The van der Waals surface area contributed by atoms with Crippen LogP contribution in [0.15, 0.2) is 47.0 Å². The first-order chi connectivity index (χ1) is 9.25. The fraction of sp³-hybridized carbons (Fsp3) is 0.143. The van der Waals surface area contributed by atoms with Gasteiger partial charge in [-0.3, -0.25) is 0 Å². The smallest absolute Gasteiger partial charge is 0.358 e. The third-order valence-electron chi connectivity index (χ3n) is 2.35. The number of nitrogens with zero attached hydrogens (tertiary/aromatic N) is 1. The highest BCUT2D eigenvalue weighted by atomic mass is 16.5. The quantitative estimate of drug-likeness (QED) is 0.807. The van der Waals surface area contributed by atoms with Gasteiger partial charge in [0.2, 0.25) is 0 Å². The summed E-state index contributed by atoms with van der Waals surface area (Å²) in [7, 11) is 0. The summed E-state index contributed by atoms with van der Waals surface area (Å²) in [5, 5.41) is 12.0. The lowest BCUT2D eigenvalue weighted by molar-refractivity contribution is 0.0685. The first kappa shape index (κ1) is 13.0. The Morgan fingerprint density at radius 3 is 2.84 bits per heavy atom. The molecule has 98 valence electrons. The van der Waals surface area contributed by atoms with Gasteiger partial charge in [0, 0.05) is 6.07 Å². The Balaban J connectivity index is 1.74. The molecule has 0 aliphatic heterocycles. The molecule has 0 unspecified atom stereocenters. The highest BCUT2D eigenvalue weighted by Gasteiger charge is 2.09. The molecule has 1 aromatic heterocycles. The Labute approximate surface area is 110 Å². The van der Waals surface area contributed by atoms with E-state index in [-0.39, 0.29) is 12.3 Å². The first-order valence-electron chi connectivity index (χ1n) is 5.74. The van der Waals surface area contributed by atoms with Crippen molar-refractivity contribution < 1.29 is 19.2 Å². The van der Waals surface area contributed by atoms with Crippen LogP contribution in [0.5, 0.6) is 0 Å². The van der Waals surface area contributed by atoms with E-state index in [9.17, 15) is 4.79 Å². The Bertz CT molecular complexity index is 560. The zero-order chi connectivity index (χ0) is 13.5. The van der Waals surface area contributed by atoms with Gasteiger partial charge in [-0.15, -0.1) is 0 Å². The van der Waals surface area contributed by atoms with Crippen molar-refractivity contribution in [1.82, 2.24) is 5.16 Å². The largest absolute Gasteiger partial charge is 0.476 e. The van der Waals surface area contributed by atoms with Crippen molar-refractivity contribution in [3.05, 3.63) is 59.5 Å². The van der Waals surface area contributed by atoms with Crippen LogP contribution in [0.4, 0.5) is 0 Å². The first-order valence-corrected chi connectivity index (χ1v) is 5.74. The minimum absolute atomic E-state index is 0.113.